The maximum absolute atomic E-state index is 6.18. The van der Waals surface area contributed by atoms with Gasteiger partial charge in [-0.1, -0.05) is 48.0 Å². The fourth-order valence-corrected chi connectivity index (χ4v) is 4.26. The molecule has 5 heteroatoms. The van der Waals surface area contributed by atoms with Gasteiger partial charge in [-0.2, -0.15) is 0 Å². The molecule has 0 heterocycles. The Kier molecular flexibility index (Phi) is 6.63. The number of anilines is 1. The zero-order valence-electron chi connectivity index (χ0n) is 14.2. The Morgan fingerprint density at radius 2 is 1.62 bits per heavy atom. The fourth-order valence-electron chi connectivity index (χ4n) is 2.58. The zero-order chi connectivity index (χ0) is 18.5. The summed E-state index contributed by atoms with van der Waals surface area (Å²) in [5.41, 5.74) is 4.35. The van der Waals surface area contributed by atoms with E-state index in [0.29, 0.717) is 13.2 Å². The van der Waals surface area contributed by atoms with E-state index in [-0.39, 0.29) is 0 Å². The molecule has 0 spiro atoms. The molecule has 0 aliphatic heterocycles. The van der Waals surface area contributed by atoms with Gasteiger partial charge in [0, 0.05) is 17.3 Å². The van der Waals surface area contributed by atoms with Crippen LogP contribution in [0.3, 0.4) is 0 Å². The predicted octanol–water partition coefficient (Wildman–Crippen LogP) is 7.36. The molecular weight excluding hydrogens is 477 g/mol. The lowest BCUT2D eigenvalue weighted by atomic mass is 10.1. The maximum atomic E-state index is 6.18. The van der Waals surface area contributed by atoms with Crippen molar-refractivity contribution in [2.75, 3.05) is 5.32 Å². The van der Waals surface area contributed by atoms with Crippen LogP contribution in [-0.4, -0.2) is 0 Å². The molecule has 0 bridgehead atoms. The van der Waals surface area contributed by atoms with Crippen molar-refractivity contribution in [2.45, 2.75) is 20.1 Å². The van der Waals surface area contributed by atoms with Gasteiger partial charge in [-0.25, -0.2) is 0 Å². The molecule has 0 aliphatic carbocycles. The second-order valence-corrected chi connectivity index (χ2v) is 8.04. The number of nitrogens with one attached hydrogen (secondary N) is 1. The molecule has 3 aromatic rings. The molecule has 0 amide bonds. The van der Waals surface area contributed by atoms with E-state index in [2.05, 4.69) is 49.3 Å². The van der Waals surface area contributed by atoms with E-state index in [9.17, 15) is 0 Å². The quantitative estimate of drug-likeness (QED) is 0.386. The summed E-state index contributed by atoms with van der Waals surface area (Å²) in [6, 6.07) is 20.1. The zero-order valence-corrected chi connectivity index (χ0v) is 18.2. The van der Waals surface area contributed by atoms with Crippen molar-refractivity contribution < 1.29 is 4.74 Å². The normalized spacial score (nSPS) is 10.6. The van der Waals surface area contributed by atoms with Gasteiger partial charge in [0.05, 0.1) is 8.95 Å². The van der Waals surface area contributed by atoms with Crippen LogP contribution in [0.15, 0.2) is 69.6 Å². The summed E-state index contributed by atoms with van der Waals surface area (Å²) < 4.78 is 7.81. The SMILES string of the molecule is Cc1c(Cl)cccc1NCc1cc(Br)c(OCc2ccccc2)c(Br)c1. The third-order valence-corrected chi connectivity index (χ3v) is 5.62. The summed E-state index contributed by atoms with van der Waals surface area (Å²) in [6.45, 7) is 3.23. The average molecular weight is 496 g/mol. The van der Waals surface area contributed by atoms with Crippen LogP contribution >= 0.6 is 43.5 Å². The highest BCUT2D eigenvalue weighted by molar-refractivity contribution is 9.11. The van der Waals surface area contributed by atoms with Crippen molar-refractivity contribution in [3.8, 4) is 5.75 Å². The molecule has 0 aromatic heterocycles. The van der Waals surface area contributed by atoms with E-state index >= 15 is 0 Å². The monoisotopic (exact) mass is 493 g/mol. The molecule has 2 nitrogen and oxygen atoms in total. The highest BCUT2D eigenvalue weighted by atomic mass is 79.9. The number of halogens is 3. The molecule has 3 rings (SSSR count). The molecule has 0 saturated carbocycles. The Morgan fingerprint density at radius 3 is 2.31 bits per heavy atom. The van der Waals surface area contributed by atoms with Crippen LogP contribution in [-0.2, 0) is 13.2 Å². The van der Waals surface area contributed by atoms with Gasteiger partial charge in [0.1, 0.15) is 12.4 Å². The van der Waals surface area contributed by atoms with Crippen molar-refractivity contribution in [1.82, 2.24) is 0 Å². The number of ether oxygens (including phenoxy) is 1. The van der Waals surface area contributed by atoms with Crippen LogP contribution in [0.5, 0.6) is 5.75 Å². The van der Waals surface area contributed by atoms with Gasteiger partial charge in [-0.3, -0.25) is 0 Å². The Bertz CT molecular complexity index is 877. The van der Waals surface area contributed by atoms with Crippen LogP contribution in [0.25, 0.3) is 0 Å². The lowest BCUT2D eigenvalue weighted by molar-refractivity contribution is 0.302. The topological polar surface area (TPSA) is 21.3 Å². The number of benzene rings is 3. The van der Waals surface area contributed by atoms with Crippen LogP contribution < -0.4 is 10.1 Å². The van der Waals surface area contributed by atoms with Crippen molar-refractivity contribution in [2.24, 2.45) is 0 Å². The first-order valence-electron chi connectivity index (χ1n) is 8.18. The van der Waals surface area contributed by atoms with Gasteiger partial charge in [-0.15, -0.1) is 0 Å². The molecular formula is C21H18Br2ClNO. The summed E-state index contributed by atoms with van der Waals surface area (Å²) >= 11 is 13.4. The maximum Gasteiger partial charge on any atom is 0.148 e. The van der Waals surface area contributed by atoms with E-state index in [1.54, 1.807) is 0 Å². The predicted molar refractivity (Wildman–Crippen MR) is 116 cm³/mol. The minimum Gasteiger partial charge on any atom is -0.487 e. The third kappa shape index (κ3) is 4.81. The van der Waals surface area contributed by atoms with E-state index < -0.39 is 0 Å². The molecule has 1 N–H and O–H groups in total. The Balaban J connectivity index is 1.69. The molecule has 134 valence electrons. The Morgan fingerprint density at radius 1 is 0.923 bits per heavy atom. The van der Waals surface area contributed by atoms with Crippen molar-refractivity contribution in [3.05, 3.63) is 91.3 Å². The molecule has 0 aliphatic rings. The number of rotatable bonds is 6. The second kappa shape index (κ2) is 8.94. The largest absolute Gasteiger partial charge is 0.487 e. The van der Waals surface area contributed by atoms with E-state index in [4.69, 9.17) is 16.3 Å². The minimum atomic E-state index is 0.525. The summed E-state index contributed by atoms with van der Waals surface area (Å²) in [5.74, 6) is 0.802. The van der Waals surface area contributed by atoms with E-state index in [0.717, 1.165) is 42.1 Å². The standard InChI is InChI=1S/C21H18Br2ClNO/c1-14-19(24)8-5-9-20(14)25-12-16-10-17(22)21(18(23)11-16)26-13-15-6-3-2-4-7-15/h2-11,25H,12-13H2,1H3. The van der Waals surface area contributed by atoms with Crippen molar-refractivity contribution in [3.63, 3.8) is 0 Å². The van der Waals surface area contributed by atoms with Gasteiger partial charge in [0.25, 0.3) is 0 Å². The number of hydrogen-bond donors (Lipinski definition) is 1. The average Bonchev–Trinajstić information content (AvgIpc) is 2.63. The summed E-state index contributed by atoms with van der Waals surface area (Å²) in [5, 5.41) is 4.20. The summed E-state index contributed by atoms with van der Waals surface area (Å²) in [6.07, 6.45) is 0. The van der Waals surface area contributed by atoms with Crippen LogP contribution in [0.1, 0.15) is 16.7 Å². The van der Waals surface area contributed by atoms with Gasteiger partial charge >= 0.3 is 0 Å². The first-order valence-corrected chi connectivity index (χ1v) is 10.1. The van der Waals surface area contributed by atoms with Gasteiger partial charge in [0.2, 0.25) is 0 Å². The third-order valence-electron chi connectivity index (χ3n) is 4.03. The highest BCUT2D eigenvalue weighted by Crippen LogP contribution is 2.35. The van der Waals surface area contributed by atoms with Crippen LogP contribution in [0.4, 0.5) is 5.69 Å². The first kappa shape index (κ1) is 19.3. The van der Waals surface area contributed by atoms with Crippen LogP contribution in [0.2, 0.25) is 5.02 Å². The Labute approximate surface area is 175 Å². The van der Waals surface area contributed by atoms with Gasteiger partial charge < -0.3 is 10.1 Å². The highest BCUT2D eigenvalue weighted by Gasteiger charge is 2.10. The molecule has 0 atom stereocenters. The van der Waals surface area contributed by atoms with Crippen molar-refractivity contribution >= 4 is 49.1 Å². The Hall–Kier alpha value is -1.49. The minimum absolute atomic E-state index is 0.525. The molecule has 26 heavy (non-hydrogen) atoms. The first-order chi connectivity index (χ1) is 12.5. The summed E-state index contributed by atoms with van der Waals surface area (Å²) in [4.78, 5) is 0. The lowest BCUT2D eigenvalue weighted by Crippen LogP contribution is -2.02. The smallest absolute Gasteiger partial charge is 0.148 e. The lowest BCUT2D eigenvalue weighted by Gasteiger charge is -2.14. The molecule has 0 saturated heterocycles. The van der Waals surface area contributed by atoms with Gasteiger partial charge in [0.15, 0.2) is 0 Å². The fraction of sp³-hybridized carbons (Fsp3) is 0.143. The molecule has 0 radical (unpaired) electrons. The molecule has 3 aromatic carbocycles. The molecule has 0 unspecified atom stereocenters. The number of hydrogen-bond acceptors (Lipinski definition) is 2. The van der Waals surface area contributed by atoms with Crippen molar-refractivity contribution in [1.29, 1.82) is 0 Å². The summed E-state index contributed by atoms with van der Waals surface area (Å²) in [7, 11) is 0. The molecule has 0 fully saturated rings. The van der Waals surface area contributed by atoms with Crippen LogP contribution in [0, 0.1) is 6.92 Å². The van der Waals surface area contributed by atoms with Gasteiger partial charge in [-0.05, 0) is 79.7 Å². The second-order valence-electron chi connectivity index (χ2n) is 5.93. The van der Waals surface area contributed by atoms with E-state index in [1.165, 1.54) is 0 Å². The van der Waals surface area contributed by atoms with E-state index in [1.807, 2.05) is 55.5 Å².